The van der Waals surface area contributed by atoms with Gasteiger partial charge in [-0.1, -0.05) is 23.2 Å². The Bertz CT molecular complexity index is 1380. The molecule has 1 aliphatic heterocycles. The van der Waals surface area contributed by atoms with Crippen LogP contribution in [0.2, 0.25) is 10.0 Å². The topological polar surface area (TPSA) is 143 Å². The van der Waals surface area contributed by atoms with E-state index in [1.807, 2.05) is 12.1 Å². The van der Waals surface area contributed by atoms with E-state index in [1.54, 1.807) is 23.1 Å². The highest BCUT2D eigenvalue weighted by molar-refractivity contribution is 6.36. The van der Waals surface area contributed by atoms with Crippen LogP contribution in [0.25, 0.3) is 11.3 Å². The van der Waals surface area contributed by atoms with E-state index in [0.717, 1.165) is 19.4 Å². The molecule has 2 aliphatic rings. The summed E-state index contributed by atoms with van der Waals surface area (Å²) in [5.74, 6) is 0.908. The van der Waals surface area contributed by atoms with Crippen LogP contribution in [-0.2, 0) is 4.79 Å². The predicted molar refractivity (Wildman–Crippen MR) is 149 cm³/mol. The molecule has 1 saturated heterocycles. The van der Waals surface area contributed by atoms with E-state index >= 15 is 0 Å². The lowest BCUT2D eigenvalue weighted by Gasteiger charge is -2.35. The van der Waals surface area contributed by atoms with Crippen molar-refractivity contribution in [3.05, 3.63) is 62.6 Å². The normalized spacial score (nSPS) is 15.9. The Morgan fingerprint density at radius 2 is 1.74 bits per heavy atom. The Balaban J connectivity index is 1.32. The summed E-state index contributed by atoms with van der Waals surface area (Å²) in [5, 5.41) is 18.2. The minimum Gasteiger partial charge on any atom is -0.378 e. The highest BCUT2D eigenvalue weighted by Gasteiger charge is 2.35. The summed E-state index contributed by atoms with van der Waals surface area (Å²) in [5.41, 5.74) is 7.38. The number of halogens is 2. The van der Waals surface area contributed by atoms with Crippen molar-refractivity contribution in [2.75, 3.05) is 54.0 Å². The maximum atomic E-state index is 13.1. The largest absolute Gasteiger partial charge is 0.378 e. The molecule has 13 heteroatoms. The molecule has 0 spiro atoms. The summed E-state index contributed by atoms with van der Waals surface area (Å²) in [6.07, 6.45) is 2.31. The molecule has 198 valence electrons. The molecule has 0 unspecified atom stereocenters. The number of carbonyl (C=O) groups is 1. The first-order valence-corrected chi connectivity index (χ1v) is 13.0. The van der Waals surface area contributed by atoms with E-state index in [2.05, 4.69) is 20.5 Å². The summed E-state index contributed by atoms with van der Waals surface area (Å²) in [6.45, 7) is 2.71. The molecule has 2 fully saturated rings. The molecule has 11 nitrogen and oxygen atoms in total. The Labute approximate surface area is 229 Å². The minimum absolute atomic E-state index is 0.0380. The van der Waals surface area contributed by atoms with Gasteiger partial charge in [0.2, 0.25) is 11.7 Å². The second-order valence-corrected chi connectivity index (χ2v) is 9.99. The van der Waals surface area contributed by atoms with Crippen molar-refractivity contribution in [1.29, 1.82) is 0 Å². The molecule has 38 heavy (non-hydrogen) atoms. The molecule has 1 aliphatic carbocycles. The zero-order chi connectivity index (χ0) is 26.8. The number of nitro groups is 1. The van der Waals surface area contributed by atoms with Crippen molar-refractivity contribution < 1.29 is 9.72 Å². The number of amides is 1. The van der Waals surface area contributed by atoms with Crippen LogP contribution < -0.4 is 21.3 Å². The number of pyridine rings is 2. The number of anilines is 4. The van der Waals surface area contributed by atoms with Crippen molar-refractivity contribution >= 4 is 57.9 Å². The number of hydrogen-bond donors (Lipinski definition) is 3. The van der Waals surface area contributed by atoms with Crippen LogP contribution in [-0.4, -0.2) is 64.5 Å². The van der Waals surface area contributed by atoms with Gasteiger partial charge < -0.3 is 21.3 Å². The smallest absolute Gasteiger partial charge is 0.311 e. The van der Waals surface area contributed by atoms with E-state index in [-0.39, 0.29) is 17.4 Å². The number of nitrogens with one attached hydrogen (secondary N) is 2. The molecule has 5 rings (SSSR count). The third-order valence-corrected chi connectivity index (χ3v) is 7.05. The maximum absolute atomic E-state index is 13.1. The van der Waals surface area contributed by atoms with Gasteiger partial charge >= 0.3 is 5.69 Å². The number of piperazine rings is 1. The summed E-state index contributed by atoms with van der Waals surface area (Å²) in [4.78, 5) is 36.3. The molecule has 3 aromatic rings. The fraction of sp³-hybridized carbons (Fsp3) is 0.320. The average Bonchev–Trinajstić information content (AvgIpc) is 3.72. The number of benzene rings is 1. The average molecular weight is 557 g/mol. The van der Waals surface area contributed by atoms with Crippen LogP contribution in [0.15, 0.2) is 42.5 Å². The zero-order valence-corrected chi connectivity index (χ0v) is 21.9. The van der Waals surface area contributed by atoms with Gasteiger partial charge in [0.05, 0.1) is 27.9 Å². The van der Waals surface area contributed by atoms with Gasteiger partial charge in [0.1, 0.15) is 11.6 Å². The zero-order valence-electron chi connectivity index (χ0n) is 20.4. The number of nitrogen functional groups attached to an aromatic ring is 1. The molecule has 3 heterocycles. The van der Waals surface area contributed by atoms with Crippen molar-refractivity contribution in [2.45, 2.75) is 18.9 Å². The third-order valence-electron chi connectivity index (χ3n) is 6.50. The quantitative estimate of drug-likeness (QED) is 0.200. The molecule has 1 saturated carbocycles. The molecule has 2 aromatic heterocycles. The number of aromatic nitrogens is 2. The van der Waals surface area contributed by atoms with Crippen LogP contribution in [0.1, 0.15) is 12.8 Å². The molecule has 0 bridgehead atoms. The number of nitrogens with zero attached hydrogens (tertiary/aromatic N) is 5. The lowest BCUT2D eigenvalue weighted by Crippen LogP contribution is -2.51. The van der Waals surface area contributed by atoms with E-state index in [0.29, 0.717) is 70.8 Å². The lowest BCUT2D eigenvalue weighted by molar-refractivity contribution is -0.384. The summed E-state index contributed by atoms with van der Waals surface area (Å²) >= 11 is 12.7. The van der Waals surface area contributed by atoms with Gasteiger partial charge in [0, 0.05) is 48.9 Å². The highest BCUT2D eigenvalue weighted by Crippen LogP contribution is 2.37. The van der Waals surface area contributed by atoms with E-state index in [9.17, 15) is 14.9 Å². The molecule has 1 amide bonds. The van der Waals surface area contributed by atoms with Crippen molar-refractivity contribution in [2.24, 2.45) is 0 Å². The third kappa shape index (κ3) is 5.74. The first-order chi connectivity index (χ1) is 18.3. The Morgan fingerprint density at radius 1 is 1.03 bits per heavy atom. The molecular weight excluding hydrogens is 531 g/mol. The Morgan fingerprint density at radius 3 is 2.37 bits per heavy atom. The fourth-order valence-electron chi connectivity index (χ4n) is 4.45. The number of hydrogen-bond acceptors (Lipinski definition) is 9. The van der Waals surface area contributed by atoms with Gasteiger partial charge in [-0.3, -0.25) is 19.8 Å². The van der Waals surface area contributed by atoms with Crippen LogP contribution in [0.3, 0.4) is 0 Å². The van der Waals surface area contributed by atoms with Crippen molar-refractivity contribution in [1.82, 2.24) is 14.9 Å². The first kappa shape index (κ1) is 26.0. The van der Waals surface area contributed by atoms with Crippen LogP contribution in [0.5, 0.6) is 0 Å². The first-order valence-electron chi connectivity index (χ1n) is 12.2. The van der Waals surface area contributed by atoms with Gasteiger partial charge in [-0.05, 0) is 49.2 Å². The van der Waals surface area contributed by atoms with Crippen LogP contribution in [0.4, 0.5) is 28.8 Å². The Kier molecular flexibility index (Phi) is 7.50. The van der Waals surface area contributed by atoms with Gasteiger partial charge in [-0.15, -0.1) is 0 Å². The highest BCUT2D eigenvalue weighted by atomic mass is 35.5. The molecule has 4 N–H and O–H groups in total. The molecule has 1 aromatic carbocycles. The molecule has 0 radical (unpaired) electrons. The van der Waals surface area contributed by atoms with Gasteiger partial charge in [0.15, 0.2) is 0 Å². The summed E-state index contributed by atoms with van der Waals surface area (Å²) < 4.78 is 0. The molecule has 0 atom stereocenters. The number of rotatable bonds is 9. The van der Waals surface area contributed by atoms with Crippen molar-refractivity contribution in [3.63, 3.8) is 0 Å². The maximum Gasteiger partial charge on any atom is 0.311 e. The van der Waals surface area contributed by atoms with Gasteiger partial charge in [-0.25, -0.2) is 9.97 Å². The standard InChI is InChI=1S/C25H26Cl2N8O3/c26-15-1-4-17(18(27)13-15)24-19(34-12-11-33(14-23(34)36)16-2-3-16)5-7-21(31-24)29-9-10-30-22-8-6-20(35(37)38)25(28)32-22/h1,4-8,13,16H,2-3,9-12,14H2,(H,29,31)(H3,28,30,32). The summed E-state index contributed by atoms with van der Waals surface area (Å²) in [7, 11) is 0. The van der Waals surface area contributed by atoms with Crippen molar-refractivity contribution in [3.8, 4) is 11.3 Å². The fourth-order valence-corrected chi connectivity index (χ4v) is 4.94. The SMILES string of the molecule is Nc1nc(NCCNc2ccc(N3CCN(C4CC4)CC3=O)c(-c3ccc(Cl)cc3Cl)n2)ccc1[N+](=O)[O-]. The van der Waals surface area contributed by atoms with E-state index in [4.69, 9.17) is 33.9 Å². The van der Waals surface area contributed by atoms with E-state index < -0.39 is 4.92 Å². The predicted octanol–water partition coefficient (Wildman–Crippen LogP) is 4.28. The van der Waals surface area contributed by atoms with Crippen LogP contribution >= 0.6 is 23.2 Å². The lowest BCUT2D eigenvalue weighted by atomic mass is 10.1. The van der Waals surface area contributed by atoms with Gasteiger partial charge in [-0.2, -0.15) is 0 Å². The number of nitrogens with two attached hydrogens (primary N) is 1. The second-order valence-electron chi connectivity index (χ2n) is 9.15. The Hall–Kier alpha value is -3.67. The monoisotopic (exact) mass is 556 g/mol. The number of carbonyl (C=O) groups excluding carboxylic acids is 1. The van der Waals surface area contributed by atoms with Gasteiger partial charge in [0.25, 0.3) is 0 Å². The molecular formula is C25H26Cl2N8O3. The van der Waals surface area contributed by atoms with E-state index in [1.165, 1.54) is 12.1 Å². The summed E-state index contributed by atoms with van der Waals surface area (Å²) in [6, 6.07) is 12.3. The minimum atomic E-state index is -0.575. The van der Waals surface area contributed by atoms with Crippen LogP contribution in [0, 0.1) is 10.1 Å². The second kappa shape index (κ2) is 11.0.